The Hall–Kier alpha value is -2.86. The Morgan fingerprint density at radius 1 is 0.692 bits per heavy atom. The Balaban J connectivity index is 1.80. The highest BCUT2D eigenvalue weighted by Gasteiger charge is 2.12. The van der Waals surface area contributed by atoms with Crippen molar-refractivity contribution in [1.82, 2.24) is 4.98 Å². The van der Waals surface area contributed by atoms with E-state index in [9.17, 15) is 0 Å². The maximum atomic E-state index is 5.95. The van der Waals surface area contributed by atoms with Gasteiger partial charge in [0.2, 0.25) is 0 Å². The van der Waals surface area contributed by atoms with Crippen molar-refractivity contribution >= 4 is 22.9 Å². The quantitative estimate of drug-likeness (QED) is 0.365. The second-order valence-corrected chi connectivity index (χ2v) is 7.12. The lowest BCUT2D eigenvalue weighted by atomic mass is 10.1. The van der Waals surface area contributed by atoms with Gasteiger partial charge in [-0.1, -0.05) is 78.2 Å². The van der Waals surface area contributed by atoms with E-state index in [0.717, 1.165) is 32.3 Å². The lowest BCUT2D eigenvalue weighted by Crippen LogP contribution is -1.82. The second-order valence-electron chi connectivity index (χ2n) is 5.69. The van der Waals surface area contributed by atoms with E-state index in [1.807, 2.05) is 60.7 Å². The van der Waals surface area contributed by atoms with E-state index < -0.39 is 0 Å². The van der Waals surface area contributed by atoms with Crippen molar-refractivity contribution in [3.05, 3.63) is 100 Å². The molecule has 0 aliphatic rings. The summed E-state index contributed by atoms with van der Waals surface area (Å²) in [6.07, 6.45) is 0. The Labute approximate surface area is 161 Å². The third kappa shape index (κ3) is 3.70. The summed E-state index contributed by atoms with van der Waals surface area (Å²) in [6, 6.07) is 28.0. The van der Waals surface area contributed by atoms with Gasteiger partial charge in [-0.2, -0.15) is 0 Å². The smallest absolute Gasteiger partial charge is 0.125 e. The molecule has 4 aromatic rings. The van der Waals surface area contributed by atoms with Crippen LogP contribution in [0.5, 0.6) is 0 Å². The van der Waals surface area contributed by atoms with Gasteiger partial charge < -0.3 is 0 Å². The molecule has 0 atom stereocenters. The first-order valence-electron chi connectivity index (χ1n) is 8.19. The van der Waals surface area contributed by atoms with Crippen molar-refractivity contribution in [3.8, 4) is 33.7 Å². The van der Waals surface area contributed by atoms with Gasteiger partial charge in [0.25, 0.3) is 0 Å². The fraction of sp³-hybridized carbons (Fsp3) is 0. The van der Waals surface area contributed by atoms with Crippen LogP contribution in [0.3, 0.4) is 0 Å². The van der Waals surface area contributed by atoms with E-state index >= 15 is 0 Å². The lowest BCUT2D eigenvalue weighted by molar-refractivity contribution is 1.39. The molecule has 0 amide bonds. The molecule has 0 unspecified atom stereocenters. The van der Waals surface area contributed by atoms with E-state index in [1.165, 1.54) is 0 Å². The zero-order chi connectivity index (χ0) is 17.8. The molecule has 0 aliphatic carbocycles. The molecule has 1 nitrogen and oxygen atoms in total. The molecule has 0 radical (unpaired) electrons. The molecule has 1 heterocycles. The molecule has 0 fully saturated rings. The first kappa shape index (κ1) is 16.6. The fourth-order valence-corrected chi connectivity index (χ4v) is 3.64. The molecule has 0 spiro atoms. The highest BCUT2D eigenvalue weighted by Crippen LogP contribution is 2.33. The number of hydrogen-bond donors (Lipinski definition) is 0. The topological polar surface area (TPSA) is 12.9 Å². The van der Waals surface area contributed by atoms with Crippen molar-refractivity contribution in [2.45, 2.75) is 0 Å². The molecule has 0 N–H and O–H groups in total. The zero-order valence-electron chi connectivity index (χ0n) is 13.8. The summed E-state index contributed by atoms with van der Waals surface area (Å²) in [6.45, 7) is 0. The minimum Gasteiger partial charge on any atom is -0.235 e. The van der Waals surface area contributed by atoms with Crippen LogP contribution in [-0.4, -0.2) is 4.98 Å². The molecule has 1 aromatic heterocycles. The standard InChI is InChI=1S/C23H14ClNS/c24-20-14-11-17(12-15-20)13-16-21-22(18-7-3-1-4-8-18)25-23(26-21)19-9-5-2-6-10-19/h1-12,14-15H. The summed E-state index contributed by atoms with van der Waals surface area (Å²) in [7, 11) is 0. The van der Waals surface area contributed by atoms with E-state index in [1.54, 1.807) is 11.3 Å². The van der Waals surface area contributed by atoms with Crippen LogP contribution in [0.2, 0.25) is 5.02 Å². The maximum absolute atomic E-state index is 5.95. The molecule has 3 heteroatoms. The van der Waals surface area contributed by atoms with E-state index in [2.05, 4.69) is 36.1 Å². The van der Waals surface area contributed by atoms with Crippen molar-refractivity contribution in [2.75, 3.05) is 0 Å². The van der Waals surface area contributed by atoms with E-state index in [0.29, 0.717) is 5.02 Å². The Kier molecular flexibility index (Phi) is 4.84. The summed E-state index contributed by atoms with van der Waals surface area (Å²) in [5.74, 6) is 6.53. The predicted molar refractivity (Wildman–Crippen MR) is 110 cm³/mol. The van der Waals surface area contributed by atoms with Gasteiger partial charge in [-0.05, 0) is 30.2 Å². The summed E-state index contributed by atoms with van der Waals surface area (Å²) in [5, 5.41) is 1.69. The van der Waals surface area contributed by atoms with Crippen molar-refractivity contribution in [3.63, 3.8) is 0 Å². The van der Waals surface area contributed by atoms with Crippen LogP contribution >= 0.6 is 22.9 Å². The number of nitrogens with zero attached hydrogens (tertiary/aromatic N) is 1. The molecule has 0 saturated heterocycles. The van der Waals surface area contributed by atoms with Crippen molar-refractivity contribution in [1.29, 1.82) is 0 Å². The van der Waals surface area contributed by atoms with Crippen LogP contribution in [0.15, 0.2) is 84.9 Å². The molecule has 124 valence electrons. The van der Waals surface area contributed by atoms with Crippen molar-refractivity contribution < 1.29 is 0 Å². The van der Waals surface area contributed by atoms with E-state index in [-0.39, 0.29) is 0 Å². The van der Waals surface area contributed by atoms with Crippen LogP contribution in [0, 0.1) is 11.8 Å². The van der Waals surface area contributed by atoms with Crippen LogP contribution < -0.4 is 0 Å². The first-order valence-corrected chi connectivity index (χ1v) is 9.38. The van der Waals surface area contributed by atoms with Crippen LogP contribution in [0.25, 0.3) is 21.8 Å². The van der Waals surface area contributed by atoms with Crippen LogP contribution in [0.1, 0.15) is 10.4 Å². The summed E-state index contributed by atoms with van der Waals surface area (Å²) in [4.78, 5) is 5.83. The van der Waals surface area contributed by atoms with Gasteiger partial charge in [0.1, 0.15) is 9.88 Å². The van der Waals surface area contributed by atoms with Gasteiger partial charge in [0.15, 0.2) is 0 Å². The van der Waals surface area contributed by atoms with Gasteiger partial charge in [0.05, 0.1) is 5.69 Å². The van der Waals surface area contributed by atoms with Crippen LogP contribution in [0.4, 0.5) is 0 Å². The van der Waals surface area contributed by atoms with Gasteiger partial charge in [-0.25, -0.2) is 4.98 Å². The molecule has 0 aliphatic heterocycles. The first-order chi connectivity index (χ1) is 12.8. The van der Waals surface area contributed by atoms with E-state index in [4.69, 9.17) is 16.6 Å². The highest BCUT2D eigenvalue weighted by molar-refractivity contribution is 7.16. The Bertz CT molecular complexity index is 1070. The lowest BCUT2D eigenvalue weighted by Gasteiger charge is -1.97. The monoisotopic (exact) mass is 371 g/mol. The number of rotatable bonds is 2. The Morgan fingerprint density at radius 2 is 1.31 bits per heavy atom. The SMILES string of the molecule is Clc1ccc(C#Cc2sc(-c3ccccc3)nc2-c2ccccc2)cc1. The summed E-state index contributed by atoms with van der Waals surface area (Å²) in [5.41, 5.74) is 4.04. The summed E-state index contributed by atoms with van der Waals surface area (Å²) < 4.78 is 0. The third-order valence-electron chi connectivity index (χ3n) is 3.86. The molecule has 3 aromatic carbocycles. The summed E-state index contributed by atoms with van der Waals surface area (Å²) >= 11 is 7.57. The number of halogens is 1. The minimum atomic E-state index is 0.713. The molecule has 4 rings (SSSR count). The average Bonchev–Trinajstić information content (AvgIpc) is 3.13. The van der Waals surface area contributed by atoms with Crippen molar-refractivity contribution in [2.24, 2.45) is 0 Å². The predicted octanol–water partition coefficient (Wildman–Crippen LogP) is 6.53. The highest BCUT2D eigenvalue weighted by atomic mass is 35.5. The van der Waals surface area contributed by atoms with Gasteiger partial charge >= 0.3 is 0 Å². The maximum Gasteiger partial charge on any atom is 0.125 e. The van der Waals surface area contributed by atoms with Crippen LogP contribution in [-0.2, 0) is 0 Å². The normalized spacial score (nSPS) is 10.2. The Morgan fingerprint density at radius 3 is 1.96 bits per heavy atom. The van der Waals surface area contributed by atoms with Gasteiger partial charge in [0, 0.05) is 21.7 Å². The molecule has 26 heavy (non-hydrogen) atoms. The number of hydrogen-bond acceptors (Lipinski definition) is 2. The van der Waals surface area contributed by atoms with Gasteiger partial charge in [-0.15, -0.1) is 11.3 Å². The second kappa shape index (κ2) is 7.58. The zero-order valence-corrected chi connectivity index (χ0v) is 15.4. The molecule has 0 saturated carbocycles. The number of aromatic nitrogens is 1. The molecular formula is C23H14ClNS. The largest absolute Gasteiger partial charge is 0.235 e. The average molecular weight is 372 g/mol. The van der Waals surface area contributed by atoms with Gasteiger partial charge in [-0.3, -0.25) is 0 Å². The molecule has 0 bridgehead atoms. The number of benzene rings is 3. The minimum absolute atomic E-state index is 0.713. The third-order valence-corrected chi connectivity index (χ3v) is 5.13. The number of thiazole rings is 1. The molecular weight excluding hydrogens is 358 g/mol. The fourth-order valence-electron chi connectivity index (χ4n) is 2.56.